The van der Waals surface area contributed by atoms with E-state index in [4.69, 9.17) is 11.6 Å². The van der Waals surface area contributed by atoms with Gasteiger partial charge in [0.05, 0.1) is 0 Å². The van der Waals surface area contributed by atoms with Crippen LogP contribution in [0.3, 0.4) is 0 Å². The molecule has 0 aliphatic heterocycles. The third-order valence-corrected chi connectivity index (χ3v) is 4.53. The van der Waals surface area contributed by atoms with Gasteiger partial charge >= 0.3 is 0 Å². The molecule has 2 aromatic rings. The van der Waals surface area contributed by atoms with Crippen molar-refractivity contribution in [1.82, 2.24) is 5.32 Å². The standard InChI is InChI=1S/C17H18BrClN2O/c1-12-10-14(6-7-15(12)18)20-9-8-17(22)21-11-13-4-2-3-5-16(13)19/h2-7,10,20H,8-9,11H2,1H3,(H,21,22). The summed E-state index contributed by atoms with van der Waals surface area (Å²) in [6.45, 7) is 3.08. The minimum atomic E-state index is 0.00116. The quantitative estimate of drug-likeness (QED) is 0.772. The van der Waals surface area contributed by atoms with Crippen LogP contribution in [0.1, 0.15) is 17.5 Å². The van der Waals surface area contributed by atoms with Gasteiger partial charge in [0.2, 0.25) is 5.91 Å². The third-order valence-electron chi connectivity index (χ3n) is 3.27. The zero-order valence-corrected chi connectivity index (χ0v) is 14.7. The number of carbonyl (C=O) groups excluding carboxylic acids is 1. The van der Waals surface area contributed by atoms with E-state index in [1.54, 1.807) is 0 Å². The maximum absolute atomic E-state index is 11.8. The van der Waals surface area contributed by atoms with Gasteiger partial charge in [0.1, 0.15) is 0 Å². The topological polar surface area (TPSA) is 41.1 Å². The van der Waals surface area contributed by atoms with Crippen LogP contribution in [-0.4, -0.2) is 12.5 Å². The Kier molecular flexibility index (Phi) is 6.28. The third kappa shape index (κ3) is 5.04. The van der Waals surface area contributed by atoms with E-state index in [9.17, 15) is 4.79 Å². The lowest BCUT2D eigenvalue weighted by atomic mass is 10.2. The summed E-state index contributed by atoms with van der Waals surface area (Å²) in [7, 11) is 0. The smallest absolute Gasteiger partial charge is 0.222 e. The molecule has 3 nitrogen and oxygen atoms in total. The highest BCUT2D eigenvalue weighted by molar-refractivity contribution is 9.10. The second kappa shape index (κ2) is 8.20. The molecule has 0 aromatic heterocycles. The van der Waals surface area contributed by atoms with Gasteiger partial charge in [-0.25, -0.2) is 0 Å². The van der Waals surface area contributed by atoms with Gasteiger partial charge in [-0.3, -0.25) is 4.79 Å². The number of carbonyl (C=O) groups is 1. The summed E-state index contributed by atoms with van der Waals surface area (Å²) < 4.78 is 1.08. The Labute approximate surface area is 144 Å². The van der Waals surface area contributed by atoms with Crippen LogP contribution in [-0.2, 0) is 11.3 Å². The van der Waals surface area contributed by atoms with Crippen molar-refractivity contribution in [2.24, 2.45) is 0 Å². The van der Waals surface area contributed by atoms with Crippen molar-refractivity contribution in [3.8, 4) is 0 Å². The first kappa shape index (κ1) is 16.8. The fourth-order valence-electron chi connectivity index (χ4n) is 2.00. The lowest BCUT2D eigenvalue weighted by Gasteiger charge is -2.09. The van der Waals surface area contributed by atoms with E-state index in [2.05, 4.69) is 26.6 Å². The molecule has 2 aromatic carbocycles. The van der Waals surface area contributed by atoms with E-state index < -0.39 is 0 Å². The summed E-state index contributed by atoms with van der Waals surface area (Å²) in [5.41, 5.74) is 3.10. The van der Waals surface area contributed by atoms with Gasteiger partial charge in [0.15, 0.2) is 0 Å². The molecule has 0 aliphatic rings. The summed E-state index contributed by atoms with van der Waals surface area (Å²) in [5.74, 6) is 0.00116. The van der Waals surface area contributed by atoms with Crippen LogP contribution in [0.2, 0.25) is 5.02 Å². The molecule has 0 saturated carbocycles. The number of aryl methyl sites for hydroxylation is 1. The molecule has 1 amide bonds. The predicted octanol–water partition coefficient (Wildman–Crippen LogP) is 4.53. The summed E-state index contributed by atoms with van der Waals surface area (Å²) in [4.78, 5) is 11.8. The molecule has 22 heavy (non-hydrogen) atoms. The molecule has 0 saturated heterocycles. The zero-order valence-electron chi connectivity index (χ0n) is 12.3. The fourth-order valence-corrected chi connectivity index (χ4v) is 2.45. The molecule has 2 rings (SSSR count). The molecule has 0 atom stereocenters. The number of amides is 1. The van der Waals surface area contributed by atoms with E-state index in [-0.39, 0.29) is 5.91 Å². The molecule has 0 aliphatic carbocycles. The highest BCUT2D eigenvalue weighted by Gasteiger charge is 2.04. The first-order valence-electron chi connectivity index (χ1n) is 7.06. The van der Waals surface area contributed by atoms with Crippen molar-refractivity contribution in [1.29, 1.82) is 0 Å². The summed E-state index contributed by atoms with van der Waals surface area (Å²) >= 11 is 9.52. The van der Waals surface area contributed by atoms with Crippen molar-refractivity contribution >= 4 is 39.1 Å². The molecule has 5 heteroatoms. The molecular formula is C17H18BrClN2O. The summed E-state index contributed by atoms with van der Waals surface area (Å²) in [6.07, 6.45) is 0.416. The van der Waals surface area contributed by atoms with E-state index in [0.717, 1.165) is 21.3 Å². The predicted molar refractivity (Wildman–Crippen MR) is 95.3 cm³/mol. The molecule has 0 spiro atoms. The van der Waals surface area contributed by atoms with Crippen LogP contribution in [0, 0.1) is 6.92 Å². The van der Waals surface area contributed by atoms with E-state index in [0.29, 0.717) is 24.5 Å². The van der Waals surface area contributed by atoms with E-state index in [1.165, 1.54) is 0 Å². The largest absolute Gasteiger partial charge is 0.385 e. The maximum Gasteiger partial charge on any atom is 0.222 e. The number of hydrogen-bond donors (Lipinski definition) is 2. The minimum Gasteiger partial charge on any atom is -0.385 e. The Hall–Kier alpha value is -1.52. The van der Waals surface area contributed by atoms with Crippen molar-refractivity contribution < 1.29 is 4.79 Å². The first-order chi connectivity index (χ1) is 10.6. The number of anilines is 1. The summed E-state index contributed by atoms with van der Waals surface area (Å²) in [5, 5.41) is 6.79. The second-order valence-electron chi connectivity index (χ2n) is 5.01. The fraction of sp³-hybridized carbons (Fsp3) is 0.235. The number of benzene rings is 2. The zero-order chi connectivity index (χ0) is 15.9. The lowest BCUT2D eigenvalue weighted by molar-refractivity contribution is -0.121. The number of nitrogens with one attached hydrogen (secondary N) is 2. The number of hydrogen-bond acceptors (Lipinski definition) is 2. The van der Waals surface area contributed by atoms with Gasteiger partial charge in [-0.1, -0.05) is 45.7 Å². The average molecular weight is 382 g/mol. The van der Waals surface area contributed by atoms with Crippen LogP contribution in [0.15, 0.2) is 46.9 Å². The number of rotatable bonds is 6. The second-order valence-corrected chi connectivity index (χ2v) is 6.27. The lowest BCUT2D eigenvalue weighted by Crippen LogP contribution is -2.25. The Balaban J connectivity index is 1.74. The van der Waals surface area contributed by atoms with Crippen LogP contribution in [0.4, 0.5) is 5.69 Å². The van der Waals surface area contributed by atoms with Crippen LogP contribution in [0.5, 0.6) is 0 Å². The van der Waals surface area contributed by atoms with Gasteiger partial charge in [-0.2, -0.15) is 0 Å². The molecule has 2 N–H and O–H groups in total. The molecule has 0 unspecified atom stereocenters. The minimum absolute atomic E-state index is 0.00116. The van der Waals surface area contributed by atoms with Gasteiger partial charge in [0, 0.05) is 34.7 Å². The van der Waals surface area contributed by atoms with Gasteiger partial charge in [0.25, 0.3) is 0 Å². The molecule has 0 bridgehead atoms. The number of halogens is 2. The molecule has 0 radical (unpaired) electrons. The van der Waals surface area contributed by atoms with E-state index >= 15 is 0 Å². The van der Waals surface area contributed by atoms with Crippen molar-refractivity contribution in [3.05, 3.63) is 63.1 Å². The van der Waals surface area contributed by atoms with Gasteiger partial charge < -0.3 is 10.6 Å². The Morgan fingerprint density at radius 3 is 2.73 bits per heavy atom. The molecule has 0 fully saturated rings. The Morgan fingerprint density at radius 1 is 1.23 bits per heavy atom. The van der Waals surface area contributed by atoms with Crippen LogP contribution in [0.25, 0.3) is 0 Å². The Bertz CT molecular complexity index is 661. The monoisotopic (exact) mass is 380 g/mol. The van der Waals surface area contributed by atoms with Crippen molar-refractivity contribution in [2.75, 3.05) is 11.9 Å². The van der Waals surface area contributed by atoms with Crippen LogP contribution < -0.4 is 10.6 Å². The molecule has 0 heterocycles. The first-order valence-corrected chi connectivity index (χ1v) is 8.23. The maximum atomic E-state index is 11.8. The highest BCUT2D eigenvalue weighted by Crippen LogP contribution is 2.19. The van der Waals surface area contributed by atoms with Gasteiger partial charge in [-0.05, 0) is 42.3 Å². The van der Waals surface area contributed by atoms with E-state index in [1.807, 2.05) is 49.4 Å². The van der Waals surface area contributed by atoms with Crippen molar-refractivity contribution in [2.45, 2.75) is 19.9 Å². The molecule has 116 valence electrons. The average Bonchev–Trinajstić information content (AvgIpc) is 2.50. The SMILES string of the molecule is Cc1cc(NCCC(=O)NCc2ccccc2Cl)ccc1Br. The van der Waals surface area contributed by atoms with Gasteiger partial charge in [-0.15, -0.1) is 0 Å². The molecular weight excluding hydrogens is 364 g/mol. The normalized spacial score (nSPS) is 10.3. The summed E-state index contributed by atoms with van der Waals surface area (Å²) in [6, 6.07) is 13.5. The van der Waals surface area contributed by atoms with Crippen LogP contribution >= 0.6 is 27.5 Å². The van der Waals surface area contributed by atoms with Crippen molar-refractivity contribution in [3.63, 3.8) is 0 Å². The highest BCUT2D eigenvalue weighted by atomic mass is 79.9. The Morgan fingerprint density at radius 2 is 2.00 bits per heavy atom.